The fraction of sp³-hybridized carbons (Fsp3) is 0.458. The number of para-hydroxylation sites is 1. The third-order valence-corrected chi connectivity index (χ3v) is 5.72. The maximum absolute atomic E-state index is 12.8. The Balaban J connectivity index is 2.00. The van der Waals surface area contributed by atoms with Crippen LogP contribution in [-0.4, -0.2) is 69.0 Å². The number of hydrogen-bond acceptors (Lipinski definition) is 6. The number of aromatic amines is 1. The van der Waals surface area contributed by atoms with Gasteiger partial charge in [-0.15, -0.1) is 0 Å². The highest BCUT2D eigenvalue weighted by molar-refractivity contribution is 5.94. The molecule has 0 spiro atoms. The van der Waals surface area contributed by atoms with Gasteiger partial charge in [-0.3, -0.25) is 19.2 Å². The Hall–Kier alpha value is -3.93. The van der Waals surface area contributed by atoms with E-state index in [1.807, 2.05) is 24.3 Å². The Labute approximate surface area is 208 Å². The highest BCUT2D eigenvalue weighted by atomic mass is 16.4. The molecule has 2 aromatic rings. The summed E-state index contributed by atoms with van der Waals surface area (Å²) >= 11 is 0. The number of rotatable bonds is 13. The standard InChI is InChI=1S/C24H33N5O7/c1-12(2)20(29-22(33)16(25)8-9-19(30)31)23(34)27-13(3)21(32)28-18(24(35)36)10-14-11-26-17-7-5-4-6-15(14)17/h4-7,11-13,16,18,20,26H,8-10,25H2,1-3H3,(H,27,34)(H,28,32)(H,29,33)(H,30,31)(H,35,36). The van der Waals surface area contributed by atoms with Gasteiger partial charge >= 0.3 is 11.9 Å². The molecular weight excluding hydrogens is 470 g/mol. The second-order valence-corrected chi connectivity index (χ2v) is 8.96. The monoisotopic (exact) mass is 503 g/mol. The molecule has 8 N–H and O–H groups in total. The Kier molecular flexibility index (Phi) is 9.97. The number of fused-ring (bicyclic) bond motifs is 1. The average Bonchev–Trinajstić information content (AvgIpc) is 3.22. The van der Waals surface area contributed by atoms with Gasteiger partial charge in [0.2, 0.25) is 17.7 Å². The van der Waals surface area contributed by atoms with Gasteiger partial charge in [0.25, 0.3) is 0 Å². The molecule has 4 unspecified atom stereocenters. The molecule has 36 heavy (non-hydrogen) atoms. The summed E-state index contributed by atoms with van der Waals surface area (Å²) in [7, 11) is 0. The fourth-order valence-corrected chi connectivity index (χ4v) is 3.59. The number of amides is 3. The van der Waals surface area contributed by atoms with Gasteiger partial charge in [0.1, 0.15) is 18.1 Å². The van der Waals surface area contributed by atoms with Crippen LogP contribution in [0.4, 0.5) is 0 Å². The minimum atomic E-state index is -1.23. The van der Waals surface area contributed by atoms with Gasteiger partial charge < -0.3 is 36.9 Å². The number of carboxylic acids is 2. The lowest BCUT2D eigenvalue weighted by Crippen LogP contribution is -2.57. The summed E-state index contributed by atoms with van der Waals surface area (Å²) in [5, 5.41) is 26.7. The molecule has 0 aliphatic rings. The van der Waals surface area contributed by atoms with Crippen molar-refractivity contribution in [3.8, 4) is 0 Å². The van der Waals surface area contributed by atoms with E-state index in [9.17, 15) is 29.1 Å². The lowest BCUT2D eigenvalue weighted by atomic mass is 10.0. The third kappa shape index (κ3) is 7.80. The number of benzene rings is 1. The number of nitrogens with two attached hydrogens (primary N) is 1. The molecule has 196 valence electrons. The van der Waals surface area contributed by atoms with E-state index >= 15 is 0 Å². The van der Waals surface area contributed by atoms with Crippen LogP contribution in [0, 0.1) is 5.92 Å². The Bertz CT molecular complexity index is 1110. The molecule has 3 amide bonds. The number of carboxylic acid groups (broad SMARTS) is 2. The van der Waals surface area contributed by atoms with Crippen molar-refractivity contribution in [3.05, 3.63) is 36.0 Å². The second-order valence-electron chi connectivity index (χ2n) is 8.96. The van der Waals surface area contributed by atoms with Crippen LogP contribution in [0.2, 0.25) is 0 Å². The molecule has 12 heteroatoms. The van der Waals surface area contributed by atoms with E-state index in [4.69, 9.17) is 10.8 Å². The van der Waals surface area contributed by atoms with Crippen molar-refractivity contribution in [1.82, 2.24) is 20.9 Å². The van der Waals surface area contributed by atoms with Crippen molar-refractivity contribution in [2.24, 2.45) is 11.7 Å². The lowest BCUT2D eigenvalue weighted by molar-refractivity contribution is -0.142. The largest absolute Gasteiger partial charge is 0.481 e. The van der Waals surface area contributed by atoms with Gasteiger partial charge in [0, 0.05) is 29.9 Å². The molecule has 0 aliphatic heterocycles. The summed E-state index contributed by atoms with van der Waals surface area (Å²) in [5.74, 6) is -4.75. The summed E-state index contributed by atoms with van der Waals surface area (Å²) in [6, 6.07) is 2.90. The summed E-state index contributed by atoms with van der Waals surface area (Å²) < 4.78 is 0. The maximum atomic E-state index is 12.8. The van der Waals surface area contributed by atoms with Gasteiger partial charge in [-0.25, -0.2) is 4.79 Å². The maximum Gasteiger partial charge on any atom is 0.326 e. The van der Waals surface area contributed by atoms with Crippen molar-refractivity contribution in [3.63, 3.8) is 0 Å². The number of aromatic nitrogens is 1. The van der Waals surface area contributed by atoms with Crippen LogP contribution in [0.15, 0.2) is 30.5 Å². The van der Waals surface area contributed by atoms with Crippen LogP contribution in [-0.2, 0) is 30.4 Å². The first kappa shape index (κ1) is 28.3. The van der Waals surface area contributed by atoms with Crippen molar-refractivity contribution >= 4 is 40.6 Å². The summed E-state index contributed by atoms with van der Waals surface area (Å²) in [6.07, 6.45) is 1.33. The molecule has 0 radical (unpaired) electrons. The van der Waals surface area contributed by atoms with Crippen LogP contribution in [0.1, 0.15) is 39.2 Å². The van der Waals surface area contributed by atoms with Crippen LogP contribution in [0.3, 0.4) is 0 Å². The normalized spacial score (nSPS) is 14.5. The molecule has 4 atom stereocenters. The summed E-state index contributed by atoms with van der Waals surface area (Å²) in [5.41, 5.74) is 7.27. The van der Waals surface area contributed by atoms with Crippen molar-refractivity contribution in [2.75, 3.05) is 0 Å². The smallest absolute Gasteiger partial charge is 0.326 e. The Morgan fingerprint density at radius 3 is 2.22 bits per heavy atom. The van der Waals surface area contributed by atoms with Gasteiger partial charge in [0.05, 0.1) is 6.04 Å². The van der Waals surface area contributed by atoms with Crippen LogP contribution < -0.4 is 21.7 Å². The Morgan fingerprint density at radius 2 is 1.61 bits per heavy atom. The number of carbonyl (C=O) groups excluding carboxylic acids is 3. The zero-order valence-electron chi connectivity index (χ0n) is 20.4. The number of carbonyl (C=O) groups is 5. The van der Waals surface area contributed by atoms with E-state index in [0.29, 0.717) is 0 Å². The molecule has 1 aromatic carbocycles. The number of aliphatic carboxylic acids is 2. The molecule has 0 aliphatic carbocycles. The highest BCUT2D eigenvalue weighted by Crippen LogP contribution is 2.19. The van der Waals surface area contributed by atoms with E-state index in [2.05, 4.69) is 20.9 Å². The van der Waals surface area contributed by atoms with Crippen LogP contribution >= 0.6 is 0 Å². The number of nitrogens with one attached hydrogen (secondary N) is 4. The number of H-pyrrole nitrogens is 1. The molecule has 0 bridgehead atoms. The second kappa shape index (κ2) is 12.7. The molecule has 12 nitrogen and oxygen atoms in total. The first-order valence-corrected chi connectivity index (χ1v) is 11.6. The fourth-order valence-electron chi connectivity index (χ4n) is 3.59. The SMILES string of the molecule is CC(NC(=O)C(NC(=O)C(N)CCC(=O)O)C(C)C)C(=O)NC(Cc1c[nH]c2ccccc12)C(=O)O. The van der Waals surface area contributed by atoms with Gasteiger partial charge in [-0.1, -0.05) is 32.0 Å². The molecule has 2 rings (SSSR count). The zero-order valence-corrected chi connectivity index (χ0v) is 20.4. The molecule has 0 fully saturated rings. The first-order valence-electron chi connectivity index (χ1n) is 11.6. The molecule has 0 saturated heterocycles. The Morgan fingerprint density at radius 1 is 0.944 bits per heavy atom. The predicted molar refractivity (Wildman–Crippen MR) is 131 cm³/mol. The topological polar surface area (TPSA) is 204 Å². The first-order chi connectivity index (χ1) is 16.9. The van der Waals surface area contributed by atoms with Gasteiger partial charge in [-0.2, -0.15) is 0 Å². The van der Waals surface area contributed by atoms with Crippen molar-refractivity contribution in [2.45, 2.75) is 64.2 Å². The lowest BCUT2D eigenvalue weighted by Gasteiger charge is -2.25. The summed E-state index contributed by atoms with van der Waals surface area (Å²) in [4.78, 5) is 63.3. The third-order valence-electron chi connectivity index (χ3n) is 5.72. The van der Waals surface area contributed by atoms with E-state index < -0.39 is 53.8 Å². The molecular formula is C24H33N5O7. The van der Waals surface area contributed by atoms with Gasteiger partial charge in [-0.05, 0) is 30.9 Å². The molecule has 1 aromatic heterocycles. The van der Waals surface area contributed by atoms with E-state index in [0.717, 1.165) is 16.5 Å². The van der Waals surface area contributed by atoms with E-state index in [1.54, 1.807) is 20.0 Å². The van der Waals surface area contributed by atoms with E-state index in [1.165, 1.54) is 6.92 Å². The predicted octanol–water partition coefficient (Wildman–Crippen LogP) is 0.117. The highest BCUT2D eigenvalue weighted by Gasteiger charge is 2.30. The summed E-state index contributed by atoms with van der Waals surface area (Å²) in [6.45, 7) is 4.76. The minimum absolute atomic E-state index is 0.0324. The van der Waals surface area contributed by atoms with Gasteiger partial charge in [0.15, 0.2) is 0 Å². The van der Waals surface area contributed by atoms with Crippen LogP contribution in [0.25, 0.3) is 10.9 Å². The number of hydrogen-bond donors (Lipinski definition) is 7. The average molecular weight is 504 g/mol. The quantitative estimate of drug-likeness (QED) is 0.199. The zero-order chi connectivity index (χ0) is 27.0. The van der Waals surface area contributed by atoms with E-state index in [-0.39, 0.29) is 25.2 Å². The van der Waals surface area contributed by atoms with Crippen molar-refractivity contribution < 1.29 is 34.2 Å². The van der Waals surface area contributed by atoms with Crippen molar-refractivity contribution in [1.29, 1.82) is 0 Å². The minimum Gasteiger partial charge on any atom is -0.481 e. The molecule has 0 saturated carbocycles. The van der Waals surface area contributed by atoms with Crippen LogP contribution in [0.5, 0.6) is 0 Å². The molecule has 1 heterocycles.